The van der Waals surface area contributed by atoms with E-state index in [-0.39, 0.29) is 30.4 Å². The number of imide groups is 2. The zero-order chi connectivity index (χ0) is 31.9. The van der Waals surface area contributed by atoms with Crippen molar-refractivity contribution in [2.45, 2.75) is 25.3 Å². The lowest BCUT2D eigenvalue weighted by Gasteiger charge is -2.47. The van der Waals surface area contributed by atoms with Crippen LogP contribution in [0.15, 0.2) is 59.4 Å². The van der Waals surface area contributed by atoms with Crippen molar-refractivity contribution in [1.82, 2.24) is 14.8 Å². The van der Waals surface area contributed by atoms with Gasteiger partial charge in [0.15, 0.2) is 11.5 Å². The molecule has 236 valence electrons. The molecule has 12 heteroatoms. The Morgan fingerprint density at radius 3 is 2.20 bits per heavy atom. The molecule has 3 aliphatic heterocycles. The predicted octanol–water partition coefficient (Wildman–Crippen LogP) is 2.81. The summed E-state index contributed by atoms with van der Waals surface area (Å²) in [5, 5.41) is 2.48. The van der Waals surface area contributed by atoms with E-state index >= 15 is 0 Å². The van der Waals surface area contributed by atoms with Crippen LogP contribution < -0.4 is 34.7 Å². The monoisotopic (exact) mass is 616 g/mol. The highest BCUT2D eigenvalue weighted by Crippen LogP contribution is 2.43. The summed E-state index contributed by atoms with van der Waals surface area (Å²) in [6.45, 7) is 1.76. The van der Waals surface area contributed by atoms with Crippen LogP contribution >= 0.6 is 0 Å². The normalized spacial score (nSPS) is 22.8. The van der Waals surface area contributed by atoms with Gasteiger partial charge in [-0.2, -0.15) is 0 Å². The lowest BCUT2D eigenvalue weighted by molar-refractivity contribution is -0.144. The molecule has 0 spiro atoms. The van der Waals surface area contributed by atoms with Gasteiger partial charge in [-0.05, 0) is 66.8 Å². The van der Waals surface area contributed by atoms with E-state index in [1.165, 1.54) is 28.4 Å². The van der Waals surface area contributed by atoms with Crippen molar-refractivity contribution in [1.29, 1.82) is 0 Å². The molecule has 2 fully saturated rings. The molecular formula is C33H36N4O8. The molecular weight excluding hydrogens is 580 g/mol. The number of urea groups is 1. The van der Waals surface area contributed by atoms with Gasteiger partial charge in [0.25, 0.3) is 11.5 Å². The van der Waals surface area contributed by atoms with Crippen molar-refractivity contribution in [3.63, 3.8) is 0 Å². The highest BCUT2D eigenvalue weighted by atomic mass is 16.5. The summed E-state index contributed by atoms with van der Waals surface area (Å²) in [5.41, 5.74) is 0.136. The second kappa shape index (κ2) is 11.9. The first-order chi connectivity index (χ1) is 21.7. The van der Waals surface area contributed by atoms with Crippen LogP contribution in [0.5, 0.6) is 23.0 Å². The van der Waals surface area contributed by atoms with E-state index in [1.807, 2.05) is 10.6 Å². The fourth-order valence-electron chi connectivity index (χ4n) is 7.09. The van der Waals surface area contributed by atoms with Crippen LogP contribution in [-0.4, -0.2) is 75.4 Å². The maximum atomic E-state index is 14.7. The Labute approximate surface area is 260 Å². The van der Waals surface area contributed by atoms with Crippen molar-refractivity contribution in [3.8, 4) is 23.0 Å². The van der Waals surface area contributed by atoms with Crippen molar-refractivity contribution in [2.24, 2.45) is 11.3 Å². The highest BCUT2D eigenvalue weighted by Gasteiger charge is 2.56. The van der Waals surface area contributed by atoms with Crippen molar-refractivity contribution >= 4 is 23.5 Å². The number of methoxy groups -OCH3 is 4. The van der Waals surface area contributed by atoms with Gasteiger partial charge >= 0.3 is 6.03 Å². The number of nitrogens with one attached hydrogen (secondary N) is 1. The average molecular weight is 617 g/mol. The summed E-state index contributed by atoms with van der Waals surface area (Å²) < 4.78 is 23.7. The summed E-state index contributed by atoms with van der Waals surface area (Å²) >= 11 is 0. The van der Waals surface area contributed by atoms with E-state index in [0.29, 0.717) is 53.9 Å². The minimum absolute atomic E-state index is 0.0231. The van der Waals surface area contributed by atoms with Crippen molar-refractivity contribution < 1.29 is 33.3 Å². The fraction of sp³-hybridized carbons (Fsp3) is 0.394. The minimum atomic E-state index is -1.69. The first kappa shape index (κ1) is 30.2. The van der Waals surface area contributed by atoms with Crippen molar-refractivity contribution in [2.75, 3.05) is 53.0 Å². The standard InChI is InChI=1S/C33H36N4O8/c1-42-24-10-8-23(9-11-24)37-31(40)33(30(39)34-32(37)41,15-20-13-26(43-2)29(45-4)27(14-20)44-3)19-35-16-21-12-22(18-35)25-6-5-7-28(38)36(25)17-21/h5-11,13-14,21-22H,12,15-19H2,1-4H3,(H,34,39,41)/t21-,22+,33-/m1/s1. The SMILES string of the molecule is COc1ccc(N2C(=O)NC(=O)[C@@](Cc3cc(OC)c(OC)c(OC)c3)(CN3C[C@H]4C[C@@H](C3)c3cccc(=O)n3C4)C2=O)cc1. The molecule has 3 aromatic rings. The quantitative estimate of drug-likeness (QED) is 0.361. The number of hydrogen-bond donors (Lipinski definition) is 1. The molecule has 0 radical (unpaired) electrons. The van der Waals surface area contributed by atoms with E-state index in [1.54, 1.807) is 48.5 Å². The molecule has 1 N–H and O–H groups in total. The number of barbiturate groups is 1. The summed E-state index contributed by atoms with van der Waals surface area (Å²) in [6.07, 6.45) is 0.868. The van der Waals surface area contributed by atoms with Crippen LogP contribution in [0.4, 0.5) is 10.5 Å². The van der Waals surface area contributed by atoms with Gasteiger partial charge in [0.1, 0.15) is 11.2 Å². The largest absolute Gasteiger partial charge is 0.497 e. The van der Waals surface area contributed by atoms with Crippen LogP contribution in [0, 0.1) is 11.3 Å². The number of amides is 4. The number of aromatic nitrogens is 1. The number of piperidine rings is 1. The number of hydrogen-bond acceptors (Lipinski definition) is 9. The minimum Gasteiger partial charge on any atom is -0.497 e. The molecule has 3 aliphatic rings. The van der Waals surface area contributed by atoms with Crippen LogP contribution in [0.1, 0.15) is 23.6 Å². The van der Waals surface area contributed by atoms with E-state index in [2.05, 4.69) is 10.2 Å². The van der Waals surface area contributed by atoms with E-state index in [9.17, 15) is 19.2 Å². The number of ether oxygens (including phenoxy) is 4. The van der Waals surface area contributed by atoms with E-state index in [4.69, 9.17) is 18.9 Å². The molecule has 45 heavy (non-hydrogen) atoms. The Balaban J connectivity index is 1.42. The second-order valence-electron chi connectivity index (χ2n) is 11.8. The average Bonchev–Trinajstić information content (AvgIpc) is 3.04. The van der Waals surface area contributed by atoms with E-state index in [0.717, 1.165) is 17.0 Å². The van der Waals surface area contributed by atoms with Gasteiger partial charge in [-0.15, -0.1) is 0 Å². The van der Waals surface area contributed by atoms with Gasteiger partial charge in [0, 0.05) is 43.9 Å². The summed E-state index contributed by atoms with van der Waals surface area (Å²) in [5.74, 6) is 0.603. The molecule has 2 aromatic carbocycles. The van der Waals surface area contributed by atoms with Crippen LogP contribution in [-0.2, 0) is 22.6 Å². The van der Waals surface area contributed by atoms with Crippen LogP contribution in [0.25, 0.3) is 0 Å². The zero-order valence-corrected chi connectivity index (χ0v) is 25.7. The number of likely N-dealkylation sites (tertiary alicyclic amines) is 1. The molecule has 12 nitrogen and oxygen atoms in total. The summed E-state index contributed by atoms with van der Waals surface area (Å²) in [4.78, 5) is 57.7. The molecule has 1 aromatic heterocycles. The lowest BCUT2D eigenvalue weighted by atomic mass is 9.75. The first-order valence-electron chi connectivity index (χ1n) is 14.8. The van der Waals surface area contributed by atoms with Crippen LogP contribution in [0.3, 0.4) is 0 Å². The predicted molar refractivity (Wildman–Crippen MR) is 164 cm³/mol. The Morgan fingerprint density at radius 2 is 1.56 bits per heavy atom. The third kappa shape index (κ3) is 5.28. The molecule has 0 unspecified atom stereocenters. The number of anilines is 1. The number of carbonyl (C=O) groups is 3. The summed E-state index contributed by atoms with van der Waals surface area (Å²) in [6, 6.07) is 14.4. The highest BCUT2D eigenvalue weighted by molar-refractivity contribution is 6.30. The van der Waals surface area contributed by atoms with Gasteiger partial charge < -0.3 is 28.4 Å². The summed E-state index contributed by atoms with van der Waals surface area (Å²) in [7, 11) is 6.01. The van der Waals surface area contributed by atoms with Crippen molar-refractivity contribution in [3.05, 3.63) is 76.2 Å². The molecule has 3 atom stereocenters. The lowest BCUT2D eigenvalue weighted by Crippen LogP contribution is -2.68. The number of carbonyl (C=O) groups excluding carboxylic acids is 3. The number of benzene rings is 2. The van der Waals surface area contributed by atoms with E-state index < -0.39 is 23.3 Å². The molecule has 2 bridgehead atoms. The zero-order valence-electron chi connectivity index (χ0n) is 25.7. The van der Waals surface area contributed by atoms with Gasteiger partial charge in [-0.25, -0.2) is 9.69 Å². The topological polar surface area (TPSA) is 129 Å². The second-order valence-corrected chi connectivity index (χ2v) is 11.8. The van der Waals surface area contributed by atoms with Gasteiger partial charge in [-0.3, -0.25) is 19.7 Å². The Morgan fingerprint density at radius 1 is 0.844 bits per heavy atom. The molecule has 0 aliphatic carbocycles. The Bertz CT molecular complexity index is 1680. The molecule has 2 saturated heterocycles. The fourth-order valence-corrected chi connectivity index (χ4v) is 7.09. The van der Waals surface area contributed by atoms with Gasteiger partial charge in [0.05, 0.1) is 34.1 Å². The van der Waals surface area contributed by atoms with Crippen LogP contribution in [0.2, 0.25) is 0 Å². The molecule has 4 heterocycles. The number of fused-ring (bicyclic) bond motifs is 4. The smallest absolute Gasteiger partial charge is 0.335 e. The number of rotatable bonds is 9. The molecule has 6 rings (SSSR count). The molecule has 0 saturated carbocycles. The maximum absolute atomic E-state index is 14.7. The third-order valence-electron chi connectivity index (χ3n) is 9.08. The molecule has 4 amide bonds. The maximum Gasteiger partial charge on any atom is 0.335 e. The Kier molecular flexibility index (Phi) is 8.00. The number of nitrogens with zero attached hydrogens (tertiary/aromatic N) is 3. The van der Waals surface area contributed by atoms with Gasteiger partial charge in [-0.1, -0.05) is 6.07 Å². The first-order valence-corrected chi connectivity index (χ1v) is 14.8. The number of pyridine rings is 1. The third-order valence-corrected chi connectivity index (χ3v) is 9.08. The Hall–Kier alpha value is -4.84. The van der Waals surface area contributed by atoms with Gasteiger partial charge in [0.2, 0.25) is 11.7 Å².